The highest BCUT2D eigenvalue weighted by molar-refractivity contribution is 6.04. The summed E-state index contributed by atoms with van der Waals surface area (Å²) in [5.41, 5.74) is 2.58. The maximum Gasteiger partial charge on any atom is 0.291 e. The van der Waals surface area contributed by atoms with Crippen molar-refractivity contribution < 1.29 is 23.5 Å². The Balaban J connectivity index is 1.86. The maximum absolute atomic E-state index is 12.0. The van der Waals surface area contributed by atoms with Crippen molar-refractivity contribution in [1.29, 1.82) is 0 Å². The van der Waals surface area contributed by atoms with Gasteiger partial charge in [0, 0.05) is 0 Å². The van der Waals surface area contributed by atoms with Crippen LogP contribution in [0.25, 0.3) is 6.08 Å². The summed E-state index contributed by atoms with van der Waals surface area (Å²) in [4.78, 5) is 23.9. The van der Waals surface area contributed by atoms with Crippen LogP contribution >= 0.6 is 0 Å². The Morgan fingerprint density at radius 1 is 1.17 bits per heavy atom. The van der Waals surface area contributed by atoms with Gasteiger partial charge in [0.1, 0.15) is 5.70 Å². The van der Waals surface area contributed by atoms with E-state index < -0.39 is 11.8 Å². The van der Waals surface area contributed by atoms with E-state index >= 15 is 0 Å². The zero-order valence-electron chi connectivity index (χ0n) is 11.9. The lowest BCUT2D eigenvalue weighted by Crippen LogP contribution is -2.38. The van der Waals surface area contributed by atoms with Crippen LogP contribution in [-0.2, 0) is 4.79 Å². The zero-order chi connectivity index (χ0) is 16.2. The summed E-state index contributed by atoms with van der Waals surface area (Å²) >= 11 is 0. The minimum absolute atomic E-state index is 0.0345. The number of carbonyl (C=O) groups is 2. The maximum atomic E-state index is 12.0. The Labute approximate surface area is 130 Å². The van der Waals surface area contributed by atoms with Gasteiger partial charge in [0.2, 0.25) is 6.79 Å². The molecule has 0 bridgehead atoms. The average Bonchev–Trinajstić information content (AvgIpc) is 3.24. The summed E-state index contributed by atoms with van der Waals surface area (Å²) in [6.07, 6.45) is 2.82. The van der Waals surface area contributed by atoms with Gasteiger partial charge in [0.25, 0.3) is 11.8 Å². The van der Waals surface area contributed by atoms with E-state index in [0.717, 1.165) is 0 Å². The molecule has 0 aliphatic carbocycles. The molecule has 0 spiro atoms. The summed E-state index contributed by atoms with van der Waals surface area (Å²) in [5.74, 6) is 5.19. The lowest BCUT2D eigenvalue weighted by Gasteiger charge is -2.08. The van der Waals surface area contributed by atoms with Crippen molar-refractivity contribution in [2.24, 2.45) is 5.84 Å². The van der Waals surface area contributed by atoms with Gasteiger partial charge in [-0.05, 0) is 35.9 Å². The van der Waals surface area contributed by atoms with Crippen molar-refractivity contribution in [3.05, 3.63) is 53.6 Å². The van der Waals surface area contributed by atoms with Crippen molar-refractivity contribution in [2.45, 2.75) is 0 Å². The number of amides is 2. The topological polar surface area (TPSA) is 116 Å². The second-order valence-corrected chi connectivity index (χ2v) is 4.58. The number of rotatable bonds is 4. The van der Waals surface area contributed by atoms with Gasteiger partial charge in [-0.1, -0.05) is 6.07 Å². The van der Waals surface area contributed by atoms with Crippen LogP contribution in [0.4, 0.5) is 0 Å². The minimum Gasteiger partial charge on any atom is -0.459 e. The lowest BCUT2D eigenvalue weighted by atomic mass is 10.1. The third-order valence-corrected chi connectivity index (χ3v) is 3.08. The molecule has 23 heavy (non-hydrogen) atoms. The van der Waals surface area contributed by atoms with E-state index in [0.29, 0.717) is 17.1 Å². The van der Waals surface area contributed by atoms with Gasteiger partial charge in [0.15, 0.2) is 17.3 Å². The highest BCUT2D eigenvalue weighted by atomic mass is 16.7. The molecule has 1 aromatic heterocycles. The van der Waals surface area contributed by atoms with Gasteiger partial charge in [-0.25, -0.2) is 5.84 Å². The van der Waals surface area contributed by atoms with Gasteiger partial charge in [-0.3, -0.25) is 15.0 Å². The lowest BCUT2D eigenvalue weighted by molar-refractivity contribution is -0.117. The minimum atomic E-state index is -0.650. The predicted octanol–water partition coefficient (Wildman–Crippen LogP) is 0.769. The number of hydrazine groups is 1. The van der Waals surface area contributed by atoms with E-state index in [1.165, 1.54) is 18.4 Å². The van der Waals surface area contributed by atoms with Crippen LogP contribution in [0.2, 0.25) is 0 Å². The molecule has 2 heterocycles. The molecule has 118 valence electrons. The summed E-state index contributed by atoms with van der Waals surface area (Å²) < 4.78 is 15.5. The van der Waals surface area contributed by atoms with E-state index in [-0.39, 0.29) is 18.3 Å². The Kier molecular flexibility index (Phi) is 3.98. The van der Waals surface area contributed by atoms with E-state index in [4.69, 9.17) is 19.7 Å². The molecule has 2 aromatic rings. The molecule has 0 saturated heterocycles. The summed E-state index contributed by atoms with van der Waals surface area (Å²) in [7, 11) is 0. The number of hydrogen-bond donors (Lipinski definition) is 3. The molecule has 4 N–H and O–H groups in total. The Hall–Kier alpha value is -3.26. The standard InChI is InChI=1S/C15H13N3O5/c16-18-14(19)10(17-15(20)12-2-1-5-21-12)6-9-3-4-11-13(7-9)23-8-22-11/h1-7H,8,16H2,(H,17,20)(H,18,19). The van der Waals surface area contributed by atoms with Gasteiger partial charge >= 0.3 is 0 Å². The highest BCUT2D eigenvalue weighted by Crippen LogP contribution is 2.33. The molecular formula is C15H13N3O5. The molecule has 0 fully saturated rings. The third-order valence-electron chi connectivity index (χ3n) is 3.08. The van der Waals surface area contributed by atoms with Gasteiger partial charge in [-0.2, -0.15) is 0 Å². The number of ether oxygens (including phenoxy) is 2. The van der Waals surface area contributed by atoms with Crippen molar-refractivity contribution in [2.75, 3.05) is 6.79 Å². The average molecular weight is 315 g/mol. The second-order valence-electron chi connectivity index (χ2n) is 4.58. The van der Waals surface area contributed by atoms with Gasteiger partial charge in [-0.15, -0.1) is 0 Å². The number of furan rings is 1. The number of carbonyl (C=O) groups excluding carboxylic acids is 2. The van der Waals surface area contributed by atoms with Gasteiger partial charge < -0.3 is 19.2 Å². The molecule has 2 amide bonds. The second kappa shape index (κ2) is 6.24. The SMILES string of the molecule is NNC(=O)C(=Cc1ccc2c(c1)OCO2)NC(=O)c1ccco1. The number of fused-ring (bicyclic) bond motifs is 1. The molecular weight excluding hydrogens is 302 g/mol. The molecule has 3 rings (SSSR count). The molecule has 8 nitrogen and oxygen atoms in total. The normalized spacial score (nSPS) is 12.8. The summed E-state index contributed by atoms with van der Waals surface area (Å²) in [5, 5.41) is 2.45. The first kappa shape index (κ1) is 14.7. The fraction of sp³-hybridized carbons (Fsp3) is 0.0667. The first-order valence-corrected chi connectivity index (χ1v) is 6.64. The summed E-state index contributed by atoms with van der Waals surface area (Å²) in [6, 6.07) is 8.16. The first-order valence-electron chi connectivity index (χ1n) is 6.64. The van der Waals surface area contributed by atoms with Crippen LogP contribution in [0, 0.1) is 0 Å². The van der Waals surface area contributed by atoms with Crippen molar-refractivity contribution in [1.82, 2.24) is 10.7 Å². The molecule has 8 heteroatoms. The van der Waals surface area contributed by atoms with E-state index in [9.17, 15) is 9.59 Å². The number of nitrogens with one attached hydrogen (secondary N) is 2. The Morgan fingerprint density at radius 2 is 2.00 bits per heavy atom. The molecule has 0 radical (unpaired) electrons. The molecule has 0 unspecified atom stereocenters. The highest BCUT2D eigenvalue weighted by Gasteiger charge is 2.17. The fourth-order valence-corrected chi connectivity index (χ4v) is 2.00. The van der Waals surface area contributed by atoms with Crippen molar-refractivity contribution >= 4 is 17.9 Å². The van der Waals surface area contributed by atoms with Gasteiger partial charge in [0.05, 0.1) is 6.26 Å². The molecule has 1 aliphatic rings. The molecule has 0 saturated carbocycles. The number of hydrogen-bond acceptors (Lipinski definition) is 6. The predicted molar refractivity (Wildman–Crippen MR) is 79.0 cm³/mol. The monoisotopic (exact) mass is 315 g/mol. The number of benzene rings is 1. The van der Waals surface area contributed by atoms with Crippen LogP contribution in [0.5, 0.6) is 11.5 Å². The van der Waals surface area contributed by atoms with E-state index in [1.807, 2.05) is 5.43 Å². The van der Waals surface area contributed by atoms with Crippen LogP contribution in [0.1, 0.15) is 16.1 Å². The quantitative estimate of drug-likeness (QED) is 0.332. The van der Waals surface area contributed by atoms with Crippen LogP contribution in [-0.4, -0.2) is 18.6 Å². The first-order chi connectivity index (χ1) is 11.2. The van der Waals surface area contributed by atoms with E-state index in [1.54, 1.807) is 24.3 Å². The third kappa shape index (κ3) is 3.16. The van der Waals surface area contributed by atoms with Crippen molar-refractivity contribution in [3.8, 4) is 11.5 Å². The Bertz CT molecular complexity index is 767. The van der Waals surface area contributed by atoms with Crippen molar-refractivity contribution in [3.63, 3.8) is 0 Å². The van der Waals surface area contributed by atoms with Crippen LogP contribution < -0.4 is 26.1 Å². The summed E-state index contributed by atoms with van der Waals surface area (Å²) in [6.45, 7) is 0.147. The van der Waals surface area contributed by atoms with E-state index in [2.05, 4.69) is 5.32 Å². The van der Waals surface area contributed by atoms with Crippen LogP contribution in [0.15, 0.2) is 46.7 Å². The molecule has 1 aromatic carbocycles. The smallest absolute Gasteiger partial charge is 0.291 e. The number of nitrogens with two attached hydrogens (primary N) is 1. The largest absolute Gasteiger partial charge is 0.459 e. The fourth-order valence-electron chi connectivity index (χ4n) is 2.00. The molecule has 1 aliphatic heterocycles. The van der Waals surface area contributed by atoms with Crippen LogP contribution in [0.3, 0.4) is 0 Å². The zero-order valence-corrected chi connectivity index (χ0v) is 11.9. The molecule has 0 atom stereocenters. The Morgan fingerprint density at radius 3 is 2.74 bits per heavy atom.